The van der Waals surface area contributed by atoms with E-state index >= 15 is 0 Å². The molecular formula is C33H25IN4O10. The van der Waals surface area contributed by atoms with Crippen LogP contribution < -0.4 is 14.5 Å². The number of ether oxygens (including phenoxy) is 1. The number of fused-ring (bicyclic) bond motifs is 4. The van der Waals surface area contributed by atoms with Gasteiger partial charge in [-0.25, -0.2) is 9.80 Å². The highest BCUT2D eigenvalue weighted by molar-refractivity contribution is 14.1. The quantitative estimate of drug-likeness (QED) is 0.119. The topological polar surface area (TPSA) is 190 Å². The largest absolute Gasteiger partial charge is 0.504 e. The van der Waals surface area contributed by atoms with E-state index in [2.05, 4.69) is 0 Å². The van der Waals surface area contributed by atoms with Crippen molar-refractivity contribution in [2.45, 2.75) is 18.8 Å². The molecule has 2 heterocycles. The van der Waals surface area contributed by atoms with Crippen LogP contribution in [0.25, 0.3) is 0 Å². The van der Waals surface area contributed by atoms with Gasteiger partial charge in [-0.1, -0.05) is 23.8 Å². The Morgan fingerprint density at radius 2 is 1.35 bits per heavy atom. The molecule has 4 amide bonds. The van der Waals surface area contributed by atoms with Crippen molar-refractivity contribution < 1.29 is 38.9 Å². The van der Waals surface area contributed by atoms with Gasteiger partial charge in [0.15, 0.2) is 11.5 Å². The van der Waals surface area contributed by atoms with E-state index in [1.165, 1.54) is 49.6 Å². The summed E-state index contributed by atoms with van der Waals surface area (Å²) in [5, 5.41) is 33.6. The highest BCUT2D eigenvalue weighted by Gasteiger charge is 2.62. The second-order valence-corrected chi connectivity index (χ2v) is 13.3. The molecule has 48 heavy (non-hydrogen) atoms. The number of allylic oxidation sites excluding steroid dienone is 2. The van der Waals surface area contributed by atoms with Gasteiger partial charge < -0.3 is 9.84 Å². The molecule has 7 rings (SSSR count). The summed E-state index contributed by atoms with van der Waals surface area (Å²) in [4.78, 5) is 80.1. The summed E-state index contributed by atoms with van der Waals surface area (Å²) >= 11 is 1.93. The van der Waals surface area contributed by atoms with E-state index in [1.54, 1.807) is 12.1 Å². The number of phenolic OH excluding ortho intramolecular Hbond substituents is 1. The minimum atomic E-state index is -0.957. The molecule has 0 spiro atoms. The van der Waals surface area contributed by atoms with Gasteiger partial charge in [-0.15, -0.1) is 0 Å². The number of benzene rings is 3. The summed E-state index contributed by atoms with van der Waals surface area (Å²) in [6.45, 7) is 0. The van der Waals surface area contributed by atoms with Crippen LogP contribution in [0.3, 0.4) is 0 Å². The Bertz CT molecular complexity index is 2010. The zero-order chi connectivity index (χ0) is 34.2. The highest BCUT2D eigenvalue weighted by atomic mass is 127. The van der Waals surface area contributed by atoms with Crippen LogP contribution in [0.4, 0.5) is 22.7 Å². The third-order valence-electron chi connectivity index (χ3n) is 9.88. The van der Waals surface area contributed by atoms with E-state index in [-0.39, 0.29) is 47.1 Å². The number of hydrogen-bond donors (Lipinski definition) is 1. The average Bonchev–Trinajstić information content (AvgIpc) is 3.48. The van der Waals surface area contributed by atoms with Crippen molar-refractivity contribution in [3.63, 3.8) is 0 Å². The van der Waals surface area contributed by atoms with Gasteiger partial charge in [-0.05, 0) is 71.2 Å². The zero-order valence-electron chi connectivity index (χ0n) is 25.0. The number of hydrogen-bond acceptors (Lipinski definition) is 10. The number of aromatic hydroxyl groups is 1. The Morgan fingerprint density at radius 1 is 0.792 bits per heavy atom. The van der Waals surface area contributed by atoms with Gasteiger partial charge >= 0.3 is 0 Å². The van der Waals surface area contributed by atoms with Gasteiger partial charge in [-0.2, -0.15) is 0 Å². The van der Waals surface area contributed by atoms with E-state index in [0.29, 0.717) is 14.7 Å². The van der Waals surface area contributed by atoms with Crippen LogP contribution in [0.1, 0.15) is 24.3 Å². The van der Waals surface area contributed by atoms with Crippen LogP contribution in [0.15, 0.2) is 72.3 Å². The highest BCUT2D eigenvalue weighted by Crippen LogP contribution is 2.59. The SMILES string of the molecule is COc1cc(C2C3=CCC4C(=O)N(c5cccc([N+](=O)[O-])c5)C(=O)C4C3CC3C(=O)N(c4cccc([N+](=O)[O-])c4)C(=O)C32)cc(I)c1O. The van der Waals surface area contributed by atoms with Gasteiger partial charge in [0.1, 0.15) is 0 Å². The number of carbonyl (C=O) groups excluding carboxylic acids is 4. The molecular weight excluding hydrogens is 739 g/mol. The number of imide groups is 2. The molecule has 244 valence electrons. The van der Waals surface area contributed by atoms with Crippen LogP contribution in [0, 0.1) is 53.4 Å². The molecule has 14 nitrogen and oxygen atoms in total. The van der Waals surface area contributed by atoms with Crippen molar-refractivity contribution in [3.05, 3.63) is 102 Å². The molecule has 4 aliphatic rings. The van der Waals surface area contributed by atoms with Crippen molar-refractivity contribution in [1.82, 2.24) is 0 Å². The van der Waals surface area contributed by atoms with E-state index < -0.39 is 69.0 Å². The molecule has 0 radical (unpaired) electrons. The predicted molar refractivity (Wildman–Crippen MR) is 176 cm³/mol. The molecule has 6 unspecified atom stereocenters. The normalized spacial score (nSPS) is 26.2. The van der Waals surface area contributed by atoms with E-state index in [0.717, 1.165) is 15.9 Å². The summed E-state index contributed by atoms with van der Waals surface area (Å²) in [6, 6.07) is 13.8. The number of rotatable bonds is 6. The molecule has 2 aliphatic heterocycles. The smallest absolute Gasteiger partial charge is 0.271 e. The van der Waals surface area contributed by atoms with Gasteiger partial charge in [-0.3, -0.25) is 39.4 Å². The molecule has 1 saturated carbocycles. The first-order valence-corrected chi connectivity index (χ1v) is 16.0. The fraction of sp³-hybridized carbons (Fsp3) is 0.273. The first-order valence-electron chi connectivity index (χ1n) is 14.9. The maximum atomic E-state index is 14.3. The number of nitro groups is 2. The summed E-state index contributed by atoms with van der Waals surface area (Å²) in [6.07, 6.45) is 2.05. The standard InChI is InChI=1S/C33H25IN4O10/c1-48-25-11-15(10-24(34)29(25)39)26-20-8-9-21-27(32(42)35(30(21)40)16-4-2-6-18(12-16)37(44)45)22(20)14-23-28(26)33(43)36(31(23)41)17-5-3-7-19(13-17)38(46)47/h2-8,10-13,21-23,26-28,39H,9,14H2,1H3. The van der Waals surface area contributed by atoms with Crippen molar-refractivity contribution in [2.24, 2.45) is 29.6 Å². The monoisotopic (exact) mass is 764 g/mol. The van der Waals surface area contributed by atoms with E-state index in [1.807, 2.05) is 28.7 Å². The maximum absolute atomic E-state index is 14.3. The summed E-state index contributed by atoms with van der Waals surface area (Å²) in [5.41, 5.74) is 0.770. The molecule has 0 aromatic heterocycles. The fourth-order valence-electron chi connectivity index (χ4n) is 7.89. The Hall–Kier alpha value is -5.19. The molecule has 0 bridgehead atoms. The molecule has 3 aromatic carbocycles. The van der Waals surface area contributed by atoms with Crippen molar-refractivity contribution in [3.8, 4) is 11.5 Å². The minimum absolute atomic E-state index is 0.0454. The van der Waals surface area contributed by atoms with Gasteiger partial charge in [0, 0.05) is 30.2 Å². The lowest BCUT2D eigenvalue weighted by Crippen LogP contribution is -2.43. The number of anilines is 2. The van der Waals surface area contributed by atoms with Crippen molar-refractivity contribution in [1.29, 1.82) is 0 Å². The molecule has 3 fully saturated rings. The van der Waals surface area contributed by atoms with Crippen molar-refractivity contribution >= 4 is 69.0 Å². The first-order chi connectivity index (χ1) is 22.9. The number of nitrogens with zero attached hydrogens (tertiary/aromatic N) is 4. The number of amides is 4. The fourth-order valence-corrected chi connectivity index (χ4v) is 8.52. The lowest BCUT2D eigenvalue weighted by molar-refractivity contribution is -0.385. The number of methoxy groups -OCH3 is 1. The number of halogens is 1. The van der Waals surface area contributed by atoms with Crippen LogP contribution in [-0.4, -0.2) is 45.7 Å². The number of carbonyl (C=O) groups is 4. The Kier molecular flexibility index (Phi) is 7.53. The summed E-state index contributed by atoms with van der Waals surface area (Å²) in [5.74, 6) is -7.21. The molecule has 6 atom stereocenters. The maximum Gasteiger partial charge on any atom is 0.271 e. The average molecular weight is 764 g/mol. The third kappa shape index (κ3) is 4.66. The lowest BCUT2D eigenvalue weighted by Gasteiger charge is -2.44. The Morgan fingerprint density at radius 3 is 1.92 bits per heavy atom. The second-order valence-electron chi connectivity index (χ2n) is 12.2. The van der Waals surface area contributed by atoms with Crippen LogP contribution in [0.5, 0.6) is 11.5 Å². The summed E-state index contributed by atoms with van der Waals surface area (Å²) in [7, 11) is 1.38. The Labute approximate surface area is 285 Å². The summed E-state index contributed by atoms with van der Waals surface area (Å²) < 4.78 is 5.84. The lowest BCUT2D eigenvalue weighted by atomic mass is 9.57. The first kappa shape index (κ1) is 31.4. The number of non-ortho nitro benzene ring substituents is 2. The van der Waals surface area contributed by atoms with E-state index in [4.69, 9.17) is 4.74 Å². The molecule has 15 heteroatoms. The van der Waals surface area contributed by atoms with Gasteiger partial charge in [0.2, 0.25) is 23.6 Å². The molecule has 2 aliphatic carbocycles. The van der Waals surface area contributed by atoms with Crippen LogP contribution in [-0.2, 0) is 19.2 Å². The minimum Gasteiger partial charge on any atom is -0.504 e. The van der Waals surface area contributed by atoms with Crippen LogP contribution in [0.2, 0.25) is 0 Å². The van der Waals surface area contributed by atoms with Gasteiger partial charge in [0.25, 0.3) is 11.4 Å². The third-order valence-corrected chi connectivity index (χ3v) is 10.7. The Balaban J connectivity index is 1.35. The second kappa shape index (κ2) is 11.5. The van der Waals surface area contributed by atoms with Crippen molar-refractivity contribution in [2.75, 3.05) is 16.9 Å². The molecule has 2 saturated heterocycles. The van der Waals surface area contributed by atoms with E-state index in [9.17, 15) is 44.5 Å². The van der Waals surface area contributed by atoms with Crippen LogP contribution >= 0.6 is 22.6 Å². The number of phenols is 1. The zero-order valence-corrected chi connectivity index (χ0v) is 27.2. The number of nitro benzene ring substituents is 2. The molecule has 3 aromatic rings. The van der Waals surface area contributed by atoms with Gasteiger partial charge in [0.05, 0.1) is 55.6 Å². The molecule has 1 N–H and O–H groups in total. The predicted octanol–water partition coefficient (Wildman–Crippen LogP) is 4.87.